The molecule has 0 bridgehead atoms. The molecule has 0 aromatic carbocycles. The Morgan fingerprint density at radius 3 is 0.796 bits per heavy atom. The third-order valence-corrected chi connectivity index (χ3v) is 21.1. The Morgan fingerprint density at radius 1 is 0.301 bits per heavy atom. The molecule has 0 saturated carbocycles. The molecule has 0 amide bonds. The maximum Gasteiger partial charge on any atom is 0.472 e. The maximum absolute atomic E-state index is 13.1. The molecule has 5 atom stereocenters. The fraction of sp³-hybridized carbons (Fsp3) is 0.905. The minimum atomic E-state index is -4.97. The lowest BCUT2D eigenvalue weighted by Crippen LogP contribution is -2.30. The van der Waals surface area contributed by atoms with Gasteiger partial charge in [-0.15, -0.1) is 0 Å². The molecular formula is C84H160O17P2. The van der Waals surface area contributed by atoms with Gasteiger partial charge in [-0.2, -0.15) is 0 Å². The van der Waals surface area contributed by atoms with E-state index in [9.17, 15) is 43.2 Å². The first-order chi connectivity index (χ1) is 50.0. The van der Waals surface area contributed by atoms with Gasteiger partial charge in [0, 0.05) is 25.7 Å². The van der Waals surface area contributed by atoms with Gasteiger partial charge in [0.2, 0.25) is 0 Å². The standard InChI is InChI=1S/C84H160O17P2/c1-6-9-12-15-18-21-24-27-30-32-34-36-39-42-45-48-55-60-65-70-83(88)100-79(73-94-81(86)67-62-57-52-46-43-40-38-35-33-31-28-25-22-19-16-13-10-7-2)75-98-102(90,91)96-71-78(85)72-97-103(92,93)99-76-80(74-95-82(87)68-63-58-53-50-49-51-56-61-66-77(4)5)101-84(89)69-64-59-54-47-44-41-37-29-26-23-20-17-14-11-8-3/h23,26,29,37,77-80,85H,6-22,24-25,27-28,30-36,38-76H2,1-5H3,(H,90,91)(H,92,93)/b26-23-,37-29-/t78-,79-,80-/m1/s1. The highest BCUT2D eigenvalue weighted by Gasteiger charge is 2.30. The Morgan fingerprint density at radius 2 is 0.524 bits per heavy atom. The fourth-order valence-electron chi connectivity index (χ4n) is 12.6. The number of phosphoric ester groups is 2. The number of hydrogen-bond acceptors (Lipinski definition) is 15. The third kappa shape index (κ3) is 77.5. The van der Waals surface area contributed by atoms with Crippen molar-refractivity contribution in [2.75, 3.05) is 39.6 Å². The first-order valence-electron chi connectivity index (χ1n) is 43.0. The summed E-state index contributed by atoms with van der Waals surface area (Å²) in [5.74, 6) is -1.41. The van der Waals surface area contributed by atoms with E-state index in [-0.39, 0.29) is 25.7 Å². The number of carbonyl (C=O) groups is 4. The molecule has 0 aromatic heterocycles. The average Bonchev–Trinajstić information content (AvgIpc) is 0.911. The number of hydrogen-bond donors (Lipinski definition) is 3. The first-order valence-corrected chi connectivity index (χ1v) is 45.9. The highest BCUT2D eigenvalue weighted by molar-refractivity contribution is 7.47. The van der Waals surface area contributed by atoms with Gasteiger partial charge in [0.15, 0.2) is 12.2 Å². The minimum absolute atomic E-state index is 0.0849. The largest absolute Gasteiger partial charge is 0.472 e. The number of rotatable bonds is 82. The van der Waals surface area contributed by atoms with Crippen LogP contribution in [0.5, 0.6) is 0 Å². The van der Waals surface area contributed by atoms with Crippen molar-refractivity contribution in [3.8, 4) is 0 Å². The van der Waals surface area contributed by atoms with E-state index in [4.69, 9.17) is 37.0 Å². The van der Waals surface area contributed by atoms with Crippen LogP contribution in [0.3, 0.4) is 0 Å². The van der Waals surface area contributed by atoms with Crippen LogP contribution >= 0.6 is 15.6 Å². The molecule has 0 spiro atoms. The van der Waals surface area contributed by atoms with E-state index in [2.05, 4.69) is 58.9 Å². The lowest BCUT2D eigenvalue weighted by atomic mass is 10.0. The number of aliphatic hydroxyl groups excluding tert-OH is 1. The normalized spacial score (nSPS) is 14.0. The number of unbranched alkanes of at least 4 members (excludes halogenated alkanes) is 51. The van der Waals surface area contributed by atoms with E-state index in [0.29, 0.717) is 25.7 Å². The SMILES string of the molecule is CCCCCC/C=C\C=C/CCCCCCCC(=O)O[C@H](COC(=O)CCCCCCCCCCC(C)C)COP(=O)(O)OC[C@H](O)COP(=O)(O)OC[C@@H](COC(=O)CCCCCCCCCCCCCCCCCCCC)OC(=O)CCCCCCCCCCCCCCCCCCCCC. The van der Waals surface area contributed by atoms with Gasteiger partial charge < -0.3 is 33.8 Å². The van der Waals surface area contributed by atoms with Crippen molar-refractivity contribution in [3.05, 3.63) is 24.3 Å². The van der Waals surface area contributed by atoms with Crippen molar-refractivity contribution < 1.29 is 80.2 Å². The zero-order valence-corrected chi connectivity index (χ0v) is 68.7. The van der Waals surface area contributed by atoms with Crippen molar-refractivity contribution >= 4 is 39.5 Å². The van der Waals surface area contributed by atoms with E-state index < -0.39 is 97.5 Å². The molecule has 0 heterocycles. The van der Waals surface area contributed by atoms with Gasteiger partial charge in [-0.25, -0.2) is 9.13 Å². The van der Waals surface area contributed by atoms with Gasteiger partial charge in [0.1, 0.15) is 19.3 Å². The predicted octanol–water partition coefficient (Wildman–Crippen LogP) is 25.1. The number of aliphatic hydroxyl groups is 1. The summed E-state index contributed by atoms with van der Waals surface area (Å²) in [6.45, 7) is 7.25. The summed E-state index contributed by atoms with van der Waals surface area (Å²) in [5.41, 5.74) is 0. The van der Waals surface area contributed by atoms with Crippen LogP contribution in [0.1, 0.15) is 426 Å². The van der Waals surface area contributed by atoms with E-state index >= 15 is 0 Å². The Kier molecular flexibility index (Phi) is 74.5. The Bertz CT molecular complexity index is 2060. The van der Waals surface area contributed by atoms with Crippen LogP contribution in [0.25, 0.3) is 0 Å². The van der Waals surface area contributed by atoms with Crippen molar-refractivity contribution in [1.29, 1.82) is 0 Å². The van der Waals surface area contributed by atoms with Gasteiger partial charge >= 0.3 is 39.5 Å². The summed E-state index contributed by atoms with van der Waals surface area (Å²) in [7, 11) is -9.94. The van der Waals surface area contributed by atoms with Crippen LogP contribution < -0.4 is 0 Å². The summed E-state index contributed by atoms with van der Waals surface area (Å²) in [6.07, 6.45) is 71.7. The molecular weight excluding hydrogens is 1340 g/mol. The smallest absolute Gasteiger partial charge is 0.462 e. The molecule has 2 unspecified atom stereocenters. The topological polar surface area (TPSA) is 237 Å². The molecule has 0 saturated heterocycles. The summed E-state index contributed by atoms with van der Waals surface area (Å²) >= 11 is 0. The van der Waals surface area contributed by atoms with Crippen molar-refractivity contribution in [1.82, 2.24) is 0 Å². The number of allylic oxidation sites excluding steroid dienone is 4. The number of esters is 4. The van der Waals surface area contributed by atoms with E-state index in [1.165, 1.54) is 238 Å². The zero-order valence-electron chi connectivity index (χ0n) is 66.9. The molecule has 0 aliphatic heterocycles. The minimum Gasteiger partial charge on any atom is -0.462 e. The van der Waals surface area contributed by atoms with Crippen LogP contribution in [0, 0.1) is 5.92 Å². The van der Waals surface area contributed by atoms with Crippen LogP contribution in [0.4, 0.5) is 0 Å². The lowest BCUT2D eigenvalue weighted by Gasteiger charge is -2.21. The van der Waals surface area contributed by atoms with E-state index in [1.807, 2.05) is 0 Å². The molecule has 0 aliphatic rings. The highest BCUT2D eigenvalue weighted by Crippen LogP contribution is 2.45. The van der Waals surface area contributed by atoms with Crippen LogP contribution in [-0.4, -0.2) is 96.7 Å². The summed E-state index contributed by atoms with van der Waals surface area (Å²) in [5, 5.41) is 10.7. The predicted molar refractivity (Wildman–Crippen MR) is 423 cm³/mol. The molecule has 0 radical (unpaired) electrons. The summed E-state index contributed by atoms with van der Waals surface area (Å²) in [6, 6.07) is 0. The Balaban J connectivity index is 5.27. The quantitative estimate of drug-likeness (QED) is 0.0169. The second-order valence-electron chi connectivity index (χ2n) is 30.0. The van der Waals surface area contributed by atoms with E-state index in [0.717, 1.165) is 109 Å². The fourth-order valence-corrected chi connectivity index (χ4v) is 14.2. The summed E-state index contributed by atoms with van der Waals surface area (Å²) in [4.78, 5) is 73.1. The molecule has 17 nitrogen and oxygen atoms in total. The number of carbonyl (C=O) groups excluding carboxylic acids is 4. The molecule has 608 valence electrons. The first kappa shape index (κ1) is 101. The van der Waals surface area contributed by atoms with Crippen molar-refractivity contribution in [2.24, 2.45) is 5.92 Å². The zero-order chi connectivity index (χ0) is 75.5. The van der Waals surface area contributed by atoms with Crippen molar-refractivity contribution in [2.45, 2.75) is 445 Å². The number of ether oxygens (including phenoxy) is 4. The Labute approximate surface area is 631 Å². The Hall–Kier alpha value is -2.46. The molecule has 3 N–H and O–H groups in total. The van der Waals surface area contributed by atoms with Gasteiger partial charge in [-0.05, 0) is 57.3 Å². The molecule has 0 rings (SSSR count). The van der Waals surface area contributed by atoms with Gasteiger partial charge in [-0.3, -0.25) is 37.3 Å². The highest BCUT2D eigenvalue weighted by atomic mass is 31.2. The molecule has 0 aliphatic carbocycles. The van der Waals surface area contributed by atoms with Crippen LogP contribution in [-0.2, 0) is 65.4 Å². The second-order valence-corrected chi connectivity index (χ2v) is 32.9. The van der Waals surface area contributed by atoms with Crippen LogP contribution in [0.2, 0.25) is 0 Å². The molecule has 103 heavy (non-hydrogen) atoms. The van der Waals surface area contributed by atoms with Gasteiger partial charge in [0.05, 0.1) is 26.4 Å². The van der Waals surface area contributed by atoms with Gasteiger partial charge in [-0.1, -0.05) is 374 Å². The summed E-state index contributed by atoms with van der Waals surface area (Å²) < 4.78 is 68.8. The van der Waals surface area contributed by atoms with E-state index in [1.54, 1.807) is 0 Å². The second kappa shape index (κ2) is 76.3. The average molecular weight is 1500 g/mol. The van der Waals surface area contributed by atoms with Crippen LogP contribution in [0.15, 0.2) is 24.3 Å². The number of phosphoric acid groups is 2. The molecule has 0 aromatic rings. The monoisotopic (exact) mass is 1500 g/mol. The van der Waals surface area contributed by atoms with Gasteiger partial charge in [0.25, 0.3) is 0 Å². The molecule has 0 fully saturated rings. The lowest BCUT2D eigenvalue weighted by molar-refractivity contribution is -0.161. The third-order valence-electron chi connectivity index (χ3n) is 19.2. The maximum atomic E-state index is 13.1. The van der Waals surface area contributed by atoms with Crippen molar-refractivity contribution in [3.63, 3.8) is 0 Å². The molecule has 19 heteroatoms.